The number of hydrogen-bond acceptors (Lipinski definition) is 3. The molecule has 134 valence electrons. The zero-order valence-electron chi connectivity index (χ0n) is 14.9. The van der Waals surface area contributed by atoms with Crippen molar-refractivity contribution in [3.8, 4) is 11.5 Å². The molecule has 5 heteroatoms. The number of amides is 1. The Morgan fingerprint density at radius 3 is 2.28 bits per heavy atom. The van der Waals surface area contributed by atoms with Gasteiger partial charge in [0.15, 0.2) is 0 Å². The molecule has 4 nitrogen and oxygen atoms in total. The van der Waals surface area contributed by atoms with E-state index in [1.165, 1.54) is 12.1 Å². The number of carbonyl (C=O) groups is 1. The maximum atomic E-state index is 13.3. The minimum Gasteiger partial charge on any atom is -0.497 e. The van der Waals surface area contributed by atoms with E-state index in [-0.39, 0.29) is 11.7 Å². The number of halogens is 1. The Kier molecular flexibility index (Phi) is 6.81. The molecule has 2 aromatic rings. The fourth-order valence-corrected chi connectivity index (χ4v) is 2.65. The predicted molar refractivity (Wildman–Crippen MR) is 95.4 cm³/mol. The lowest BCUT2D eigenvalue weighted by Crippen LogP contribution is -2.30. The number of ether oxygens (including phenoxy) is 2. The van der Waals surface area contributed by atoms with Crippen molar-refractivity contribution in [2.75, 3.05) is 20.8 Å². The summed E-state index contributed by atoms with van der Waals surface area (Å²) in [6.45, 7) is 2.91. The minimum atomic E-state index is -0.288. The lowest BCUT2D eigenvalue weighted by atomic mass is 10.1. The molecule has 0 atom stereocenters. The Morgan fingerprint density at radius 1 is 1.04 bits per heavy atom. The van der Waals surface area contributed by atoms with Gasteiger partial charge in [0.1, 0.15) is 17.3 Å². The molecule has 0 heterocycles. The fourth-order valence-electron chi connectivity index (χ4n) is 2.65. The van der Waals surface area contributed by atoms with Crippen molar-refractivity contribution >= 4 is 5.91 Å². The summed E-state index contributed by atoms with van der Waals surface area (Å²) in [7, 11) is 3.20. The average molecular weight is 345 g/mol. The second-order valence-electron chi connectivity index (χ2n) is 5.76. The SMILES string of the molecule is CCN(Cc1cccc(F)c1)C(=O)CCc1cc(OC)cc(OC)c1. The van der Waals surface area contributed by atoms with Gasteiger partial charge in [0.25, 0.3) is 0 Å². The van der Waals surface area contributed by atoms with Gasteiger partial charge in [0.05, 0.1) is 14.2 Å². The van der Waals surface area contributed by atoms with Crippen LogP contribution in [0.15, 0.2) is 42.5 Å². The van der Waals surface area contributed by atoms with Crippen LogP contribution in [0.2, 0.25) is 0 Å². The van der Waals surface area contributed by atoms with Gasteiger partial charge in [0, 0.05) is 25.6 Å². The van der Waals surface area contributed by atoms with Gasteiger partial charge in [-0.15, -0.1) is 0 Å². The third kappa shape index (κ3) is 5.48. The molecule has 0 saturated heterocycles. The van der Waals surface area contributed by atoms with Crippen LogP contribution in [0.3, 0.4) is 0 Å². The molecule has 1 amide bonds. The van der Waals surface area contributed by atoms with Gasteiger partial charge in [-0.2, -0.15) is 0 Å². The molecule has 0 aliphatic carbocycles. The van der Waals surface area contributed by atoms with Crippen molar-refractivity contribution < 1.29 is 18.7 Å². The van der Waals surface area contributed by atoms with Crippen LogP contribution < -0.4 is 9.47 Å². The van der Waals surface area contributed by atoms with E-state index < -0.39 is 0 Å². The first kappa shape index (κ1) is 18.8. The molecule has 0 N–H and O–H groups in total. The number of rotatable bonds is 8. The maximum Gasteiger partial charge on any atom is 0.223 e. The number of carbonyl (C=O) groups excluding carboxylic acids is 1. The first-order valence-electron chi connectivity index (χ1n) is 8.30. The standard InChI is InChI=1S/C20H24FNO3/c1-4-22(14-16-6-5-7-17(21)10-16)20(23)9-8-15-11-18(24-2)13-19(12-15)25-3/h5-7,10-13H,4,8-9,14H2,1-3H3. The second-order valence-corrected chi connectivity index (χ2v) is 5.76. The summed E-state index contributed by atoms with van der Waals surface area (Å²) in [4.78, 5) is 14.2. The molecule has 0 aromatic heterocycles. The molecule has 0 unspecified atom stereocenters. The summed E-state index contributed by atoms with van der Waals surface area (Å²) in [5.74, 6) is 1.15. The molecular formula is C20H24FNO3. The van der Waals surface area contributed by atoms with Crippen molar-refractivity contribution in [3.05, 3.63) is 59.4 Å². The van der Waals surface area contributed by atoms with Gasteiger partial charge in [-0.3, -0.25) is 4.79 Å². The van der Waals surface area contributed by atoms with Crippen molar-refractivity contribution in [2.24, 2.45) is 0 Å². The molecule has 0 bridgehead atoms. The van der Waals surface area contributed by atoms with Crippen molar-refractivity contribution in [3.63, 3.8) is 0 Å². The summed E-state index contributed by atoms with van der Waals surface area (Å²) in [5, 5.41) is 0. The molecule has 0 fully saturated rings. The van der Waals surface area contributed by atoms with Gasteiger partial charge in [-0.25, -0.2) is 4.39 Å². The molecule has 0 radical (unpaired) electrons. The molecule has 0 spiro atoms. The summed E-state index contributed by atoms with van der Waals surface area (Å²) in [6.07, 6.45) is 0.964. The smallest absolute Gasteiger partial charge is 0.223 e. The summed E-state index contributed by atoms with van der Waals surface area (Å²) < 4.78 is 23.8. The lowest BCUT2D eigenvalue weighted by molar-refractivity contribution is -0.131. The second kappa shape index (κ2) is 9.06. The third-order valence-corrected chi connectivity index (χ3v) is 4.04. The first-order chi connectivity index (χ1) is 12.0. The normalized spacial score (nSPS) is 10.4. The van der Waals surface area contributed by atoms with Crippen LogP contribution in [-0.4, -0.2) is 31.6 Å². The van der Waals surface area contributed by atoms with Crippen LogP contribution in [0, 0.1) is 5.82 Å². The van der Waals surface area contributed by atoms with E-state index in [1.807, 2.05) is 25.1 Å². The third-order valence-electron chi connectivity index (χ3n) is 4.04. The molecule has 0 aliphatic rings. The maximum absolute atomic E-state index is 13.3. The minimum absolute atomic E-state index is 0.0357. The molecule has 25 heavy (non-hydrogen) atoms. The first-order valence-corrected chi connectivity index (χ1v) is 8.30. The Hall–Kier alpha value is -2.56. The van der Waals surface area contributed by atoms with E-state index in [4.69, 9.17) is 9.47 Å². The van der Waals surface area contributed by atoms with E-state index in [9.17, 15) is 9.18 Å². The van der Waals surface area contributed by atoms with Crippen molar-refractivity contribution in [1.82, 2.24) is 4.90 Å². The van der Waals surface area contributed by atoms with E-state index in [1.54, 1.807) is 31.3 Å². The van der Waals surface area contributed by atoms with Crippen LogP contribution >= 0.6 is 0 Å². The fraction of sp³-hybridized carbons (Fsp3) is 0.350. The number of methoxy groups -OCH3 is 2. The van der Waals surface area contributed by atoms with E-state index >= 15 is 0 Å². The quantitative estimate of drug-likeness (QED) is 0.730. The zero-order valence-corrected chi connectivity index (χ0v) is 14.9. The number of benzene rings is 2. The molecule has 0 aliphatic heterocycles. The Morgan fingerprint density at radius 2 is 1.72 bits per heavy atom. The Bertz CT molecular complexity index is 696. The number of aryl methyl sites for hydroxylation is 1. The van der Waals surface area contributed by atoms with Gasteiger partial charge in [-0.1, -0.05) is 12.1 Å². The summed E-state index contributed by atoms with van der Waals surface area (Å²) in [5.41, 5.74) is 1.77. The number of hydrogen-bond donors (Lipinski definition) is 0. The monoisotopic (exact) mass is 345 g/mol. The van der Waals surface area contributed by atoms with Crippen LogP contribution in [0.5, 0.6) is 11.5 Å². The van der Waals surface area contributed by atoms with Gasteiger partial charge >= 0.3 is 0 Å². The predicted octanol–water partition coefficient (Wildman–Crippen LogP) is 3.82. The van der Waals surface area contributed by atoms with E-state index in [0.717, 1.165) is 11.1 Å². The Balaban J connectivity index is 2.00. The van der Waals surface area contributed by atoms with Crippen LogP contribution in [0.1, 0.15) is 24.5 Å². The van der Waals surface area contributed by atoms with Crippen molar-refractivity contribution in [2.45, 2.75) is 26.3 Å². The van der Waals surface area contributed by atoms with Crippen molar-refractivity contribution in [1.29, 1.82) is 0 Å². The van der Waals surface area contributed by atoms with E-state index in [2.05, 4.69) is 0 Å². The zero-order chi connectivity index (χ0) is 18.2. The largest absolute Gasteiger partial charge is 0.497 e. The Labute approximate surface area is 148 Å². The average Bonchev–Trinajstić information content (AvgIpc) is 2.63. The van der Waals surface area contributed by atoms with Crippen LogP contribution in [0.25, 0.3) is 0 Å². The highest BCUT2D eigenvalue weighted by molar-refractivity contribution is 5.76. The molecule has 2 rings (SSSR count). The lowest BCUT2D eigenvalue weighted by Gasteiger charge is -2.21. The van der Waals surface area contributed by atoms with Crippen LogP contribution in [0.4, 0.5) is 4.39 Å². The van der Waals surface area contributed by atoms with Gasteiger partial charge < -0.3 is 14.4 Å². The highest BCUT2D eigenvalue weighted by Gasteiger charge is 2.13. The molecular weight excluding hydrogens is 321 g/mol. The highest BCUT2D eigenvalue weighted by Crippen LogP contribution is 2.23. The van der Waals surface area contributed by atoms with E-state index in [0.29, 0.717) is 37.4 Å². The molecule has 0 saturated carbocycles. The van der Waals surface area contributed by atoms with Gasteiger partial charge in [-0.05, 0) is 48.7 Å². The highest BCUT2D eigenvalue weighted by atomic mass is 19.1. The van der Waals surface area contributed by atoms with Crippen LogP contribution in [-0.2, 0) is 17.8 Å². The van der Waals surface area contributed by atoms with Gasteiger partial charge in [0.2, 0.25) is 5.91 Å². The number of nitrogens with zero attached hydrogens (tertiary/aromatic N) is 1. The summed E-state index contributed by atoms with van der Waals surface area (Å²) in [6, 6.07) is 11.9. The summed E-state index contributed by atoms with van der Waals surface area (Å²) >= 11 is 0. The molecule has 2 aromatic carbocycles. The topological polar surface area (TPSA) is 38.8 Å².